The molecule has 2 heterocycles. The van der Waals surface area contributed by atoms with Crippen molar-refractivity contribution < 1.29 is 9.51 Å². The van der Waals surface area contributed by atoms with E-state index in [0.29, 0.717) is 11.2 Å². The summed E-state index contributed by atoms with van der Waals surface area (Å²) >= 11 is 0. The molecule has 0 N–H and O–H groups in total. The van der Waals surface area contributed by atoms with E-state index < -0.39 is 0 Å². The number of aromatic nitrogens is 2. The number of rotatable bonds is 4. The Morgan fingerprint density at radius 1 is 0.964 bits per heavy atom. The van der Waals surface area contributed by atoms with Gasteiger partial charge >= 0.3 is 5.56 Å². The Labute approximate surface area is 163 Å². The second-order valence-electron chi connectivity index (χ2n) is 6.48. The molecule has 0 fully saturated rings. The summed E-state index contributed by atoms with van der Waals surface area (Å²) in [6.45, 7) is 2.03. The van der Waals surface area contributed by atoms with Gasteiger partial charge in [-0.25, -0.2) is 9.20 Å². The van der Waals surface area contributed by atoms with Crippen LogP contribution in [0.15, 0.2) is 95.9 Å². The molecule has 0 radical (unpaired) electrons. The minimum absolute atomic E-state index is 0.169. The van der Waals surface area contributed by atoms with E-state index in [2.05, 4.69) is 0 Å². The van der Waals surface area contributed by atoms with Crippen LogP contribution in [0.4, 0.5) is 0 Å². The van der Waals surface area contributed by atoms with E-state index in [1.807, 2.05) is 67.6 Å². The molecule has 0 amide bonds. The lowest BCUT2D eigenvalue weighted by atomic mass is 10.1. The summed E-state index contributed by atoms with van der Waals surface area (Å²) in [6, 6.07) is 24.3. The fraction of sp³-hybridized carbons (Fsp3) is 0.0833. The van der Waals surface area contributed by atoms with Crippen molar-refractivity contribution in [3.05, 3.63) is 107 Å². The smallest absolute Gasteiger partial charge is 0.350 e. The van der Waals surface area contributed by atoms with E-state index in [1.54, 1.807) is 35.0 Å². The molecule has 0 aliphatic heterocycles. The minimum atomic E-state index is -0.314. The molecule has 0 saturated heterocycles. The maximum absolute atomic E-state index is 13.6. The quantitative estimate of drug-likeness (QED) is 0.517. The molecule has 0 aliphatic carbocycles. The molecule has 2 aromatic heterocycles. The monoisotopic (exact) mass is 368 g/mol. The summed E-state index contributed by atoms with van der Waals surface area (Å²) in [4.78, 5) is 13.6. The number of nitrogens with zero attached hydrogens (tertiary/aromatic N) is 2. The highest BCUT2D eigenvalue weighted by molar-refractivity contribution is 5.73. The summed E-state index contributed by atoms with van der Waals surface area (Å²) in [6.07, 6.45) is 4.48. The number of benzene rings is 2. The summed E-state index contributed by atoms with van der Waals surface area (Å²) in [5, 5.41) is 13.1. The maximum Gasteiger partial charge on any atom is 0.350 e. The van der Waals surface area contributed by atoms with Crippen LogP contribution in [-0.4, -0.2) is 4.57 Å². The van der Waals surface area contributed by atoms with Crippen molar-refractivity contribution >= 4 is 11.3 Å². The number of hydrogen-bond donors (Lipinski definition) is 0. The molecule has 4 rings (SSSR count). The first-order chi connectivity index (χ1) is 13.7. The lowest BCUT2D eigenvalue weighted by Gasteiger charge is -2.16. The SMILES string of the molecule is CC/C=C(\c1ccccc1)n1c(=O)c(-c2ccccc2)c([O-])[n+]2ccccc12. The summed E-state index contributed by atoms with van der Waals surface area (Å²) in [5.74, 6) is -0.313. The number of allylic oxidation sites excluding steroid dienone is 1. The van der Waals surface area contributed by atoms with E-state index in [1.165, 1.54) is 4.40 Å². The van der Waals surface area contributed by atoms with Gasteiger partial charge in [0.2, 0.25) is 0 Å². The zero-order valence-electron chi connectivity index (χ0n) is 15.6. The van der Waals surface area contributed by atoms with E-state index >= 15 is 0 Å². The molecule has 2 aromatic carbocycles. The molecule has 138 valence electrons. The fourth-order valence-corrected chi connectivity index (χ4v) is 3.44. The zero-order chi connectivity index (χ0) is 19.5. The molecule has 28 heavy (non-hydrogen) atoms. The topological polar surface area (TPSA) is 49.2 Å². The van der Waals surface area contributed by atoms with Gasteiger partial charge in [-0.15, -0.1) is 0 Å². The number of pyridine rings is 1. The second kappa shape index (κ2) is 7.53. The minimum Gasteiger partial charge on any atom is -0.841 e. The predicted molar refractivity (Wildman–Crippen MR) is 109 cm³/mol. The average Bonchev–Trinajstić information content (AvgIpc) is 2.75. The Morgan fingerprint density at radius 3 is 2.29 bits per heavy atom. The zero-order valence-corrected chi connectivity index (χ0v) is 15.6. The van der Waals surface area contributed by atoms with Crippen LogP contribution in [0.2, 0.25) is 0 Å². The van der Waals surface area contributed by atoms with E-state index in [-0.39, 0.29) is 17.0 Å². The molecule has 4 nitrogen and oxygen atoms in total. The van der Waals surface area contributed by atoms with Crippen molar-refractivity contribution in [2.24, 2.45) is 0 Å². The fourth-order valence-electron chi connectivity index (χ4n) is 3.44. The average molecular weight is 368 g/mol. The molecule has 0 atom stereocenters. The second-order valence-corrected chi connectivity index (χ2v) is 6.48. The third kappa shape index (κ3) is 2.99. The highest BCUT2D eigenvalue weighted by Gasteiger charge is 2.23. The maximum atomic E-state index is 13.6. The van der Waals surface area contributed by atoms with Crippen molar-refractivity contribution in [2.45, 2.75) is 13.3 Å². The number of hydrogen-bond acceptors (Lipinski definition) is 2. The third-order valence-electron chi connectivity index (χ3n) is 4.69. The van der Waals surface area contributed by atoms with Crippen molar-refractivity contribution in [1.82, 2.24) is 4.57 Å². The molecule has 0 bridgehead atoms. The van der Waals surface area contributed by atoms with Gasteiger partial charge in [-0.05, 0) is 24.1 Å². The molecule has 4 heteroatoms. The standard InChI is InChI=1S/C24H20N2O2/c1-2-11-20(18-12-5-3-6-13-18)26-21-16-9-10-17-25(21)23(27)22(24(26)28)19-14-7-4-8-15-19/h3-17H,2H2,1H3/b20-11+. The van der Waals surface area contributed by atoms with Crippen LogP contribution in [0.1, 0.15) is 18.9 Å². The van der Waals surface area contributed by atoms with Gasteiger partial charge in [-0.2, -0.15) is 4.57 Å². The first kappa shape index (κ1) is 17.7. The van der Waals surface area contributed by atoms with Gasteiger partial charge in [0.25, 0.3) is 5.65 Å². The number of fused-ring (bicyclic) bond motifs is 1. The molecule has 0 unspecified atom stereocenters. The normalized spacial score (nSPS) is 11.7. The van der Waals surface area contributed by atoms with Gasteiger partial charge in [-0.1, -0.05) is 73.7 Å². The summed E-state index contributed by atoms with van der Waals surface area (Å²) < 4.78 is 3.18. The first-order valence-electron chi connectivity index (χ1n) is 9.30. The van der Waals surface area contributed by atoms with Crippen molar-refractivity contribution in [3.63, 3.8) is 0 Å². The van der Waals surface area contributed by atoms with Gasteiger partial charge in [0.15, 0.2) is 0 Å². The molecule has 0 aliphatic rings. The van der Waals surface area contributed by atoms with Crippen molar-refractivity contribution in [2.75, 3.05) is 0 Å². The molecular weight excluding hydrogens is 348 g/mol. The predicted octanol–water partition coefficient (Wildman–Crippen LogP) is 3.63. The Balaban J connectivity index is 2.14. The highest BCUT2D eigenvalue weighted by Crippen LogP contribution is 2.24. The lowest BCUT2D eigenvalue weighted by Crippen LogP contribution is -2.38. The van der Waals surface area contributed by atoms with Crippen LogP contribution in [0.3, 0.4) is 0 Å². The van der Waals surface area contributed by atoms with Gasteiger partial charge in [0.05, 0.1) is 12.1 Å². The molecule has 4 aromatic rings. The first-order valence-corrected chi connectivity index (χ1v) is 9.30. The van der Waals surface area contributed by atoms with E-state index in [4.69, 9.17) is 0 Å². The van der Waals surface area contributed by atoms with Crippen LogP contribution in [0, 0.1) is 0 Å². The Hall–Kier alpha value is -3.66. The van der Waals surface area contributed by atoms with Crippen molar-refractivity contribution in [1.29, 1.82) is 0 Å². The third-order valence-corrected chi connectivity index (χ3v) is 4.69. The Kier molecular flexibility index (Phi) is 4.77. The molecule has 0 saturated carbocycles. The van der Waals surface area contributed by atoms with Crippen LogP contribution >= 0.6 is 0 Å². The highest BCUT2D eigenvalue weighted by atomic mass is 16.3. The van der Waals surface area contributed by atoms with Crippen LogP contribution in [-0.2, 0) is 0 Å². The largest absolute Gasteiger partial charge is 0.841 e. The summed E-state index contributed by atoms with van der Waals surface area (Å²) in [5.41, 5.74) is 2.71. The van der Waals surface area contributed by atoms with Crippen LogP contribution in [0.5, 0.6) is 5.88 Å². The van der Waals surface area contributed by atoms with Gasteiger partial charge in [0, 0.05) is 11.6 Å². The Morgan fingerprint density at radius 2 is 1.61 bits per heavy atom. The van der Waals surface area contributed by atoms with Gasteiger partial charge < -0.3 is 5.11 Å². The molecular formula is C24H20N2O2. The lowest BCUT2D eigenvalue weighted by molar-refractivity contribution is -0.587. The van der Waals surface area contributed by atoms with Crippen molar-refractivity contribution in [3.8, 4) is 17.0 Å². The summed E-state index contributed by atoms with van der Waals surface area (Å²) in [7, 11) is 0. The Bertz CT molecular complexity index is 1210. The van der Waals surface area contributed by atoms with E-state index in [9.17, 15) is 9.90 Å². The van der Waals surface area contributed by atoms with Crippen LogP contribution in [0.25, 0.3) is 22.5 Å². The van der Waals surface area contributed by atoms with Gasteiger partial charge in [0.1, 0.15) is 11.3 Å². The van der Waals surface area contributed by atoms with Crippen LogP contribution < -0.4 is 15.1 Å². The van der Waals surface area contributed by atoms with Gasteiger partial charge in [-0.3, -0.25) is 0 Å². The van der Waals surface area contributed by atoms with E-state index in [0.717, 1.165) is 17.7 Å². The molecule has 0 spiro atoms.